The Labute approximate surface area is 106 Å². The summed E-state index contributed by atoms with van der Waals surface area (Å²) in [5, 5.41) is 2.42. The molecule has 1 rings (SSSR count). The van der Waals surface area contributed by atoms with Crippen LogP contribution in [-0.2, 0) is 14.3 Å². The van der Waals surface area contributed by atoms with Gasteiger partial charge in [0.1, 0.15) is 6.54 Å². The molecule has 0 unspecified atom stereocenters. The van der Waals surface area contributed by atoms with Crippen LogP contribution in [0.5, 0.6) is 0 Å². The molecule has 18 heavy (non-hydrogen) atoms. The van der Waals surface area contributed by atoms with Crippen molar-refractivity contribution in [3.63, 3.8) is 0 Å². The second-order valence-electron chi connectivity index (χ2n) is 3.52. The van der Waals surface area contributed by atoms with Crippen molar-refractivity contribution in [2.75, 3.05) is 18.9 Å². The SMILES string of the molecule is CCOC(=O)CNC(=O)/C=C/c1ccc(N)cc1. The number of ether oxygens (including phenoxy) is 1. The zero-order valence-electron chi connectivity index (χ0n) is 10.2. The fourth-order valence-corrected chi connectivity index (χ4v) is 1.21. The molecule has 0 bridgehead atoms. The predicted octanol–water partition coefficient (Wildman–Crippen LogP) is 0.961. The summed E-state index contributed by atoms with van der Waals surface area (Å²) in [6.07, 6.45) is 2.99. The third kappa shape index (κ3) is 5.16. The lowest BCUT2D eigenvalue weighted by Gasteiger charge is -2.01. The van der Waals surface area contributed by atoms with Crippen molar-refractivity contribution in [3.8, 4) is 0 Å². The molecule has 0 aliphatic heterocycles. The highest BCUT2D eigenvalue weighted by atomic mass is 16.5. The Morgan fingerprint density at radius 2 is 2.00 bits per heavy atom. The molecule has 0 fully saturated rings. The number of esters is 1. The van der Waals surface area contributed by atoms with Gasteiger partial charge in [0.05, 0.1) is 6.61 Å². The number of nitrogens with two attached hydrogens (primary N) is 1. The van der Waals surface area contributed by atoms with Crippen LogP contribution in [0.15, 0.2) is 30.3 Å². The minimum Gasteiger partial charge on any atom is -0.465 e. The third-order valence-electron chi connectivity index (χ3n) is 2.08. The van der Waals surface area contributed by atoms with Crippen molar-refractivity contribution in [2.45, 2.75) is 6.92 Å². The number of rotatable bonds is 5. The quantitative estimate of drug-likeness (QED) is 0.462. The Kier molecular flexibility index (Phi) is 5.44. The number of carbonyl (C=O) groups excluding carboxylic acids is 2. The van der Waals surface area contributed by atoms with Crippen LogP contribution in [0.1, 0.15) is 12.5 Å². The molecule has 1 amide bonds. The van der Waals surface area contributed by atoms with Crippen molar-refractivity contribution in [1.82, 2.24) is 5.32 Å². The van der Waals surface area contributed by atoms with Gasteiger partial charge in [-0.2, -0.15) is 0 Å². The van der Waals surface area contributed by atoms with Gasteiger partial charge >= 0.3 is 5.97 Å². The first-order chi connectivity index (χ1) is 8.61. The zero-order valence-corrected chi connectivity index (χ0v) is 10.2. The molecule has 1 aromatic rings. The Hall–Kier alpha value is -2.30. The van der Waals surface area contributed by atoms with Gasteiger partial charge < -0.3 is 15.8 Å². The maximum atomic E-state index is 11.4. The standard InChI is InChI=1S/C13H16N2O3/c1-2-18-13(17)9-15-12(16)8-5-10-3-6-11(14)7-4-10/h3-8H,2,9,14H2,1H3,(H,15,16)/b8-5+. The molecule has 0 saturated heterocycles. The molecule has 0 aliphatic rings. The van der Waals surface area contributed by atoms with Crippen molar-refractivity contribution < 1.29 is 14.3 Å². The Morgan fingerprint density at radius 1 is 1.33 bits per heavy atom. The molecule has 5 heteroatoms. The van der Waals surface area contributed by atoms with Gasteiger partial charge in [0.2, 0.25) is 5.91 Å². The second-order valence-corrected chi connectivity index (χ2v) is 3.52. The minimum absolute atomic E-state index is 0.126. The summed E-state index contributed by atoms with van der Waals surface area (Å²) in [6.45, 7) is 1.88. The molecular formula is C13H16N2O3. The van der Waals surface area contributed by atoms with Gasteiger partial charge in [-0.15, -0.1) is 0 Å². The molecule has 1 aromatic carbocycles. The van der Waals surface area contributed by atoms with E-state index < -0.39 is 5.97 Å². The van der Waals surface area contributed by atoms with Crippen LogP contribution in [0.4, 0.5) is 5.69 Å². The first kappa shape index (κ1) is 13.8. The van der Waals surface area contributed by atoms with Crippen LogP contribution in [0.25, 0.3) is 6.08 Å². The monoisotopic (exact) mass is 248 g/mol. The molecular weight excluding hydrogens is 232 g/mol. The van der Waals surface area contributed by atoms with Crippen LogP contribution in [-0.4, -0.2) is 25.0 Å². The van der Waals surface area contributed by atoms with E-state index in [2.05, 4.69) is 10.1 Å². The highest BCUT2D eigenvalue weighted by Crippen LogP contribution is 2.06. The van der Waals surface area contributed by atoms with Crippen LogP contribution in [0, 0.1) is 0 Å². The lowest BCUT2D eigenvalue weighted by atomic mass is 10.2. The minimum atomic E-state index is -0.452. The molecule has 0 radical (unpaired) electrons. The number of amides is 1. The van der Waals surface area contributed by atoms with Crippen LogP contribution in [0.2, 0.25) is 0 Å². The normalized spacial score (nSPS) is 10.3. The molecule has 0 aliphatic carbocycles. The topological polar surface area (TPSA) is 81.4 Å². The molecule has 96 valence electrons. The molecule has 0 saturated carbocycles. The van der Waals surface area contributed by atoms with Gasteiger partial charge in [0, 0.05) is 11.8 Å². The van der Waals surface area contributed by atoms with Crippen molar-refractivity contribution in [2.24, 2.45) is 0 Å². The average molecular weight is 248 g/mol. The maximum absolute atomic E-state index is 11.4. The van der Waals surface area contributed by atoms with Crippen LogP contribution >= 0.6 is 0 Å². The third-order valence-corrected chi connectivity index (χ3v) is 2.08. The summed E-state index contributed by atoms with van der Waals surface area (Å²) in [5.41, 5.74) is 7.06. The summed E-state index contributed by atoms with van der Waals surface area (Å²) in [7, 11) is 0. The molecule has 0 spiro atoms. The van der Waals surface area contributed by atoms with E-state index in [1.807, 2.05) is 0 Å². The van der Waals surface area contributed by atoms with Gasteiger partial charge in [-0.05, 0) is 30.7 Å². The van der Waals surface area contributed by atoms with Gasteiger partial charge in [0.15, 0.2) is 0 Å². The number of nitrogen functional groups attached to an aromatic ring is 1. The molecule has 0 atom stereocenters. The number of hydrogen-bond donors (Lipinski definition) is 2. The van der Waals surface area contributed by atoms with E-state index in [0.717, 1.165) is 5.56 Å². The molecule has 0 aromatic heterocycles. The second kappa shape index (κ2) is 7.11. The molecule has 5 nitrogen and oxygen atoms in total. The van der Waals surface area contributed by atoms with E-state index in [-0.39, 0.29) is 12.5 Å². The van der Waals surface area contributed by atoms with Gasteiger partial charge in [0.25, 0.3) is 0 Å². The lowest BCUT2D eigenvalue weighted by Crippen LogP contribution is -2.29. The maximum Gasteiger partial charge on any atom is 0.325 e. The summed E-state index contributed by atoms with van der Waals surface area (Å²) in [5.74, 6) is -0.799. The first-order valence-corrected chi connectivity index (χ1v) is 5.59. The molecule has 0 heterocycles. The van der Waals surface area contributed by atoms with E-state index in [0.29, 0.717) is 12.3 Å². The average Bonchev–Trinajstić information content (AvgIpc) is 2.36. The van der Waals surface area contributed by atoms with Gasteiger partial charge in [-0.1, -0.05) is 12.1 Å². The lowest BCUT2D eigenvalue weighted by molar-refractivity contribution is -0.143. The van der Waals surface area contributed by atoms with E-state index in [1.165, 1.54) is 6.08 Å². The Balaban J connectivity index is 2.40. The Bertz CT molecular complexity index is 438. The fourth-order valence-electron chi connectivity index (χ4n) is 1.21. The number of nitrogens with one attached hydrogen (secondary N) is 1. The van der Waals surface area contributed by atoms with Gasteiger partial charge in [-0.25, -0.2) is 0 Å². The number of hydrogen-bond acceptors (Lipinski definition) is 4. The summed E-state index contributed by atoms with van der Waals surface area (Å²) in [4.78, 5) is 22.3. The van der Waals surface area contributed by atoms with Crippen LogP contribution in [0.3, 0.4) is 0 Å². The highest BCUT2D eigenvalue weighted by molar-refractivity contribution is 5.93. The van der Waals surface area contributed by atoms with E-state index in [4.69, 9.17) is 5.73 Å². The Morgan fingerprint density at radius 3 is 2.61 bits per heavy atom. The van der Waals surface area contributed by atoms with Crippen LogP contribution < -0.4 is 11.1 Å². The number of benzene rings is 1. The first-order valence-electron chi connectivity index (χ1n) is 5.59. The number of carbonyl (C=O) groups is 2. The van der Waals surface area contributed by atoms with Crippen molar-refractivity contribution in [3.05, 3.63) is 35.9 Å². The van der Waals surface area contributed by atoms with E-state index >= 15 is 0 Å². The molecule has 3 N–H and O–H groups in total. The smallest absolute Gasteiger partial charge is 0.325 e. The van der Waals surface area contributed by atoms with Gasteiger partial charge in [-0.3, -0.25) is 9.59 Å². The summed E-state index contributed by atoms with van der Waals surface area (Å²) < 4.78 is 4.68. The number of anilines is 1. The fraction of sp³-hybridized carbons (Fsp3) is 0.231. The zero-order chi connectivity index (χ0) is 13.4. The summed E-state index contributed by atoms with van der Waals surface area (Å²) in [6, 6.07) is 7.08. The predicted molar refractivity (Wildman–Crippen MR) is 69.5 cm³/mol. The van der Waals surface area contributed by atoms with E-state index in [1.54, 1.807) is 37.3 Å². The van der Waals surface area contributed by atoms with Crippen molar-refractivity contribution in [1.29, 1.82) is 0 Å². The van der Waals surface area contributed by atoms with Crippen molar-refractivity contribution >= 4 is 23.6 Å². The largest absolute Gasteiger partial charge is 0.465 e. The summed E-state index contributed by atoms with van der Waals surface area (Å²) >= 11 is 0. The highest BCUT2D eigenvalue weighted by Gasteiger charge is 2.02. The van der Waals surface area contributed by atoms with E-state index in [9.17, 15) is 9.59 Å².